The SMILES string of the molecule is Cc1ncc(CNC(=O)[C@@H](N)CCCCN)n1-c1ccc(Cl)cc1C(=O)c1ccccc1F.Cc1ncc(CNC(=O)[C@H](CCCCNC(=O)OC(C)(C)C)NC(=O)OC(C)(C)C)n1-c1ccc(Cl)cc1C(=O)c1ccccc1F. The summed E-state index contributed by atoms with van der Waals surface area (Å²) in [4.78, 5) is 85.8. The number of amides is 4. The smallest absolute Gasteiger partial charge is 0.408 e. The van der Waals surface area contributed by atoms with Crippen LogP contribution < -0.4 is 32.7 Å². The van der Waals surface area contributed by atoms with Crippen LogP contribution >= 0.6 is 23.2 Å². The quantitative estimate of drug-likeness (QED) is 0.0274. The summed E-state index contributed by atoms with van der Waals surface area (Å²) >= 11 is 12.4. The minimum absolute atomic E-state index is 0.0116. The Kier molecular flexibility index (Phi) is 23.0. The van der Waals surface area contributed by atoms with Crippen LogP contribution in [0.4, 0.5) is 18.4 Å². The molecule has 0 aliphatic heterocycles. The Morgan fingerprint density at radius 3 is 1.51 bits per heavy atom. The molecule has 22 heteroatoms. The summed E-state index contributed by atoms with van der Waals surface area (Å²) in [5, 5.41) is 11.6. The van der Waals surface area contributed by atoms with Gasteiger partial charge in [-0.15, -0.1) is 0 Å². The van der Waals surface area contributed by atoms with E-state index in [0.29, 0.717) is 76.8 Å². The average Bonchev–Trinajstić information content (AvgIpc) is 4.02. The van der Waals surface area contributed by atoms with E-state index in [1.165, 1.54) is 48.5 Å². The van der Waals surface area contributed by atoms with Crippen molar-refractivity contribution in [3.05, 3.63) is 164 Å². The summed E-state index contributed by atoms with van der Waals surface area (Å²) in [6.45, 7) is 15.0. The number of nitrogens with zero attached hydrogens (tertiary/aromatic N) is 4. The summed E-state index contributed by atoms with van der Waals surface area (Å²) in [5.41, 5.74) is 12.3. The topological polar surface area (TPSA) is 257 Å². The van der Waals surface area contributed by atoms with E-state index in [2.05, 4.69) is 31.2 Å². The van der Waals surface area contributed by atoms with Gasteiger partial charge in [-0.05, 0) is 155 Å². The second-order valence-corrected chi connectivity index (χ2v) is 21.5. The van der Waals surface area contributed by atoms with Crippen LogP contribution in [0.2, 0.25) is 10.0 Å². The zero-order valence-corrected chi connectivity index (χ0v) is 47.7. The van der Waals surface area contributed by atoms with Crippen LogP contribution in [0.3, 0.4) is 0 Å². The Labute approximate surface area is 474 Å². The highest BCUT2D eigenvalue weighted by Crippen LogP contribution is 2.28. The van der Waals surface area contributed by atoms with Gasteiger partial charge < -0.3 is 42.2 Å². The van der Waals surface area contributed by atoms with Gasteiger partial charge in [-0.25, -0.2) is 28.3 Å². The van der Waals surface area contributed by atoms with E-state index in [9.17, 15) is 37.5 Å². The van der Waals surface area contributed by atoms with Crippen molar-refractivity contribution >= 4 is 58.8 Å². The first-order valence-electron chi connectivity index (χ1n) is 26.0. The Hall–Kier alpha value is -7.52. The van der Waals surface area contributed by atoms with Crippen molar-refractivity contribution < 1.29 is 47.0 Å². The average molecular weight is 1140 g/mol. The number of hydrogen-bond donors (Lipinski definition) is 6. The molecule has 0 spiro atoms. The van der Waals surface area contributed by atoms with Crippen LogP contribution in [-0.2, 0) is 32.2 Å². The van der Waals surface area contributed by atoms with Crippen LogP contribution in [0.15, 0.2) is 97.3 Å². The number of nitrogens with two attached hydrogens (primary N) is 2. The number of aryl methyl sites for hydroxylation is 2. The zero-order valence-electron chi connectivity index (χ0n) is 46.2. The van der Waals surface area contributed by atoms with E-state index in [1.54, 1.807) is 113 Å². The molecule has 0 fully saturated rings. The molecule has 0 aliphatic rings. The number of unbranched alkanes of at least 4 members (excludes halogenated alkanes) is 2. The number of nitrogens with one attached hydrogen (secondary N) is 4. The number of carbonyl (C=O) groups is 6. The normalized spacial score (nSPS) is 12.1. The van der Waals surface area contributed by atoms with E-state index in [0.717, 1.165) is 12.8 Å². The van der Waals surface area contributed by atoms with Gasteiger partial charge in [0, 0.05) is 27.7 Å². The number of benzene rings is 4. The fourth-order valence-electron chi connectivity index (χ4n) is 8.19. The molecule has 6 rings (SSSR count). The number of rotatable bonds is 22. The lowest BCUT2D eigenvalue weighted by Crippen LogP contribution is -2.48. The molecule has 0 aliphatic carbocycles. The second-order valence-electron chi connectivity index (χ2n) is 20.7. The minimum atomic E-state index is -0.947. The molecular weight excluding hydrogens is 1070 g/mol. The highest BCUT2D eigenvalue weighted by Gasteiger charge is 2.27. The number of imidazole rings is 2. The van der Waals surface area contributed by atoms with E-state index >= 15 is 0 Å². The van der Waals surface area contributed by atoms with Gasteiger partial charge in [0.2, 0.25) is 11.8 Å². The third-order valence-corrected chi connectivity index (χ3v) is 12.4. The molecule has 0 unspecified atom stereocenters. The first kappa shape index (κ1) is 63.3. The van der Waals surface area contributed by atoms with Gasteiger partial charge >= 0.3 is 12.2 Å². The number of carbonyl (C=O) groups excluding carboxylic acids is 6. The summed E-state index contributed by atoms with van der Waals surface area (Å²) < 4.78 is 42.9. The van der Waals surface area contributed by atoms with E-state index in [1.807, 2.05) is 0 Å². The molecule has 4 aromatic carbocycles. The van der Waals surface area contributed by atoms with Crippen molar-refractivity contribution in [3.63, 3.8) is 0 Å². The van der Waals surface area contributed by atoms with Gasteiger partial charge in [0.25, 0.3) is 0 Å². The van der Waals surface area contributed by atoms with E-state index in [-0.39, 0.29) is 47.7 Å². The number of halogens is 4. The maximum absolute atomic E-state index is 14.6. The number of ether oxygens (including phenoxy) is 2. The Morgan fingerprint density at radius 2 is 1.05 bits per heavy atom. The zero-order chi connectivity index (χ0) is 58.9. The molecule has 2 atom stereocenters. The van der Waals surface area contributed by atoms with Gasteiger partial charge in [-0.1, -0.05) is 53.9 Å². The highest BCUT2D eigenvalue weighted by molar-refractivity contribution is 6.31. The van der Waals surface area contributed by atoms with Crippen molar-refractivity contribution in [1.82, 2.24) is 40.4 Å². The Bertz CT molecular complexity index is 3150. The van der Waals surface area contributed by atoms with E-state index < -0.39 is 64.6 Å². The molecule has 0 bridgehead atoms. The molecule has 2 aromatic heterocycles. The summed E-state index contributed by atoms with van der Waals surface area (Å²) in [6.07, 6.45) is 5.29. The molecule has 428 valence electrons. The van der Waals surface area contributed by atoms with Crippen LogP contribution in [-0.4, -0.2) is 91.0 Å². The largest absolute Gasteiger partial charge is 0.444 e. The summed E-state index contributed by atoms with van der Waals surface area (Å²) in [5.74, 6) is -2.00. The first-order valence-corrected chi connectivity index (χ1v) is 26.8. The van der Waals surface area contributed by atoms with Crippen molar-refractivity contribution in [2.75, 3.05) is 13.1 Å². The fourth-order valence-corrected chi connectivity index (χ4v) is 8.53. The van der Waals surface area contributed by atoms with E-state index in [4.69, 9.17) is 44.1 Å². The number of hydrogen-bond acceptors (Lipinski definition) is 12. The third kappa shape index (κ3) is 18.5. The second kappa shape index (κ2) is 29.1. The predicted molar refractivity (Wildman–Crippen MR) is 302 cm³/mol. The molecule has 6 aromatic rings. The maximum atomic E-state index is 14.6. The van der Waals surface area contributed by atoms with Crippen molar-refractivity contribution in [2.24, 2.45) is 11.5 Å². The lowest BCUT2D eigenvalue weighted by atomic mass is 10.0. The van der Waals surface area contributed by atoms with Crippen LogP contribution in [0, 0.1) is 25.5 Å². The third-order valence-electron chi connectivity index (χ3n) is 11.9. The van der Waals surface area contributed by atoms with Gasteiger partial charge in [-0.2, -0.15) is 0 Å². The molecule has 2 heterocycles. The van der Waals surface area contributed by atoms with Crippen molar-refractivity contribution in [1.29, 1.82) is 0 Å². The Balaban J connectivity index is 0.000000312. The van der Waals surface area contributed by atoms with Crippen molar-refractivity contribution in [2.45, 2.75) is 130 Å². The standard InChI is InChI=1S/C34H43ClFN5O6.C24H27ClFN5O2/c1-21-38-19-23(41(21)28-16-15-22(35)18-25(28)29(42)24-12-8-9-13-26(24)36)20-39-30(43)27(40-32(45)47-34(5,6)7)14-10-11-17-37-31(44)46-33(2,3)4;1-15-29-13-17(14-30-24(33)21(28)8-4-5-11-27)31(15)22-10-9-16(25)12-19(22)23(32)18-6-2-3-7-20(18)26/h8-9,12-13,15-16,18-19,27H,10-11,14,17,20H2,1-7H3,(H,37,44)(H,39,43)(H,40,45);2-3,6-7,9-10,12-13,21H,4-5,8,11,14,27-28H2,1H3,(H,30,33)/t27-;21-/m00/s1. The summed E-state index contributed by atoms with van der Waals surface area (Å²) in [7, 11) is 0. The number of ketones is 2. The molecule has 0 saturated carbocycles. The maximum Gasteiger partial charge on any atom is 0.408 e. The lowest BCUT2D eigenvalue weighted by Gasteiger charge is -2.23. The number of alkyl carbamates (subject to hydrolysis) is 2. The molecular formula is C58H70Cl2F2N10O8. The molecule has 8 N–H and O–H groups in total. The first-order chi connectivity index (χ1) is 37.8. The minimum Gasteiger partial charge on any atom is -0.444 e. The van der Waals surface area contributed by atoms with Crippen LogP contribution in [0.25, 0.3) is 11.4 Å². The van der Waals surface area contributed by atoms with Gasteiger partial charge in [0.1, 0.15) is 40.5 Å². The monoisotopic (exact) mass is 1140 g/mol. The highest BCUT2D eigenvalue weighted by atomic mass is 35.5. The van der Waals surface area contributed by atoms with Crippen LogP contribution in [0.5, 0.6) is 0 Å². The lowest BCUT2D eigenvalue weighted by molar-refractivity contribution is -0.124. The van der Waals surface area contributed by atoms with Crippen LogP contribution in [0.1, 0.15) is 135 Å². The fraction of sp³-hybridized carbons (Fsp3) is 0.379. The van der Waals surface area contributed by atoms with Gasteiger partial charge in [0.15, 0.2) is 11.6 Å². The molecule has 0 saturated heterocycles. The molecule has 4 amide bonds. The Morgan fingerprint density at radius 1 is 0.600 bits per heavy atom. The molecule has 80 heavy (non-hydrogen) atoms. The predicted octanol–water partition coefficient (Wildman–Crippen LogP) is 9.69. The molecule has 0 radical (unpaired) electrons. The van der Waals surface area contributed by atoms with Gasteiger partial charge in [0.05, 0.1) is 65.4 Å². The van der Waals surface area contributed by atoms with Gasteiger partial charge in [-0.3, -0.25) is 28.3 Å². The molecule has 18 nitrogen and oxygen atoms in total. The summed E-state index contributed by atoms with van der Waals surface area (Å²) in [6, 6.07) is 19.4. The number of aromatic nitrogens is 4. The van der Waals surface area contributed by atoms with Crippen molar-refractivity contribution in [3.8, 4) is 11.4 Å².